The SMILES string of the molecule is CCCCNC(=NC)NCCc1nc(-c2ccco2)n[nH]1. The molecule has 0 atom stereocenters. The zero-order chi connectivity index (χ0) is 14.9. The van der Waals surface area contributed by atoms with Gasteiger partial charge in [-0.25, -0.2) is 4.98 Å². The summed E-state index contributed by atoms with van der Waals surface area (Å²) in [4.78, 5) is 8.56. The lowest BCUT2D eigenvalue weighted by Crippen LogP contribution is -2.38. The number of nitrogens with zero attached hydrogens (tertiary/aromatic N) is 3. The van der Waals surface area contributed by atoms with E-state index in [0.717, 1.165) is 44.1 Å². The van der Waals surface area contributed by atoms with E-state index in [-0.39, 0.29) is 0 Å². The topological polar surface area (TPSA) is 91.1 Å². The lowest BCUT2D eigenvalue weighted by Gasteiger charge is -2.10. The first-order valence-corrected chi connectivity index (χ1v) is 7.23. The second-order valence-electron chi connectivity index (χ2n) is 4.61. The van der Waals surface area contributed by atoms with Gasteiger partial charge in [-0.1, -0.05) is 13.3 Å². The Bertz CT molecular complexity index is 546. The number of aromatic nitrogens is 3. The quantitative estimate of drug-likeness (QED) is 0.409. The van der Waals surface area contributed by atoms with Crippen molar-refractivity contribution in [3.05, 3.63) is 24.2 Å². The van der Waals surface area contributed by atoms with Crippen molar-refractivity contribution in [1.82, 2.24) is 25.8 Å². The van der Waals surface area contributed by atoms with Crippen molar-refractivity contribution < 1.29 is 4.42 Å². The molecule has 0 unspecified atom stereocenters. The first kappa shape index (κ1) is 15.1. The number of H-pyrrole nitrogens is 1. The molecule has 7 nitrogen and oxygen atoms in total. The van der Waals surface area contributed by atoms with E-state index >= 15 is 0 Å². The zero-order valence-corrected chi connectivity index (χ0v) is 12.5. The summed E-state index contributed by atoms with van der Waals surface area (Å²) < 4.78 is 5.26. The van der Waals surface area contributed by atoms with Crippen LogP contribution < -0.4 is 10.6 Å². The van der Waals surface area contributed by atoms with Gasteiger partial charge >= 0.3 is 0 Å². The van der Waals surface area contributed by atoms with Gasteiger partial charge in [0.1, 0.15) is 5.82 Å². The maximum atomic E-state index is 5.26. The van der Waals surface area contributed by atoms with Gasteiger partial charge in [0.15, 0.2) is 11.7 Å². The van der Waals surface area contributed by atoms with Crippen LogP contribution in [0.4, 0.5) is 0 Å². The number of aromatic amines is 1. The van der Waals surface area contributed by atoms with Crippen molar-refractivity contribution >= 4 is 5.96 Å². The molecule has 0 saturated carbocycles. The summed E-state index contributed by atoms with van der Waals surface area (Å²) >= 11 is 0. The van der Waals surface area contributed by atoms with E-state index in [0.29, 0.717) is 11.6 Å². The molecule has 0 aromatic carbocycles. The molecule has 2 aromatic rings. The highest BCUT2D eigenvalue weighted by atomic mass is 16.3. The molecular weight excluding hydrogens is 268 g/mol. The van der Waals surface area contributed by atoms with Crippen molar-refractivity contribution in [2.45, 2.75) is 26.2 Å². The van der Waals surface area contributed by atoms with Crippen LogP contribution in [0.2, 0.25) is 0 Å². The summed E-state index contributed by atoms with van der Waals surface area (Å²) in [7, 11) is 1.77. The normalized spacial score (nSPS) is 11.6. The van der Waals surface area contributed by atoms with E-state index in [9.17, 15) is 0 Å². The first-order chi connectivity index (χ1) is 10.3. The number of nitrogens with one attached hydrogen (secondary N) is 3. The van der Waals surface area contributed by atoms with E-state index in [2.05, 4.69) is 37.7 Å². The highest BCUT2D eigenvalue weighted by Crippen LogP contribution is 2.14. The number of unbranched alkanes of at least 4 members (excludes halogenated alkanes) is 1. The third-order valence-electron chi connectivity index (χ3n) is 2.97. The van der Waals surface area contributed by atoms with E-state index < -0.39 is 0 Å². The van der Waals surface area contributed by atoms with Gasteiger partial charge in [0.2, 0.25) is 5.82 Å². The van der Waals surface area contributed by atoms with Gasteiger partial charge in [-0.3, -0.25) is 10.1 Å². The van der Waals surface area contributed by atoms with Crippen molar-refractivity contribution in [1.29, 1.82) is 0 Å². The van der Waals surface area contributed by atoms with Crippen molar-refractivity contribution in [2.24, 2.45) is 4.99 Å². The van der Waals surface area contributed by atoms with E-state index in [1.54, 1.807) is 13.3 Å². The van der Waals surface area contributed by atoms with Gasteiger partial charge < -0.3 is 15.1 Å². The van der Waals surface area contributed by atoms with Crippen LogP contribution in [0.5, 0.6) is 0 Å². The minimum Gasteiger partial charge on any atom is -0.461 e. The van der Waals surface area contributed by atoms with E-state index in [4.69, 9.17) is 4.42 Å². The fraction of sp³-hybridized carbons (Fsp3) is 0.500. The van der Waals surface area contributed by atoms with E-state index in [1.807, 2.05) is 12.1 Å². The predicted molar refractivity (Wildman–Crippen MR) is 82.1 cm³/mol. The molecule has 0 aliphatic rings. The van der Waals surface area contributed by atoms with Crippen LogP contribution in [0.1, 0.15) is 25.6 Å². The van der Waals surface area contributed by atoms with E-state index in [1.165, 1.54) is 0 Å². The van der Waals surface area contributed by atoms with Crippen molar-refractivity contribution in [3.8, 4) is 11.6 Å². The molecule has 0 amide bonds. The molecule has 0 radical (unpaired) electrons. The number of hydrogen-bond acceptors (Lipinski definition) is 4. The van der Waals surface area contributed by atoms with Crippen LogP contribution in [0.25, 0.3) is 11.6 Å². The molecule has 2 rings (SSSR count). The molecule has 7 heteroatoms. The molecule has 0 saturated heterocycles. The Morgan fingerprint density at radius 1 is 1.38 bits per heavy atom. The Hall–Kier alpha value is -2.31. The minimum atomic E-state index is 0.584. The number of furan rings is 1. The van der Waals surface area contributed by atoms with Gasteiger partial charge in [-0.15, -0.1) is 0 Å². The molecule has 0 spiro atoms. The van der Waals surface area contributed by atoms with Crippen LogP contribution in [-0.4, -0.2) is 41.3 Å². The fourth-order valence-corrected chi connectivity index (χ4v) is 1.83. The molecule has 21 heavy (non-hydrogen) atoms. The lowest BCUT2D eigenvalue weighted by molar-refractivity contribution is 0.577. The minimum absolute atomic E-state index is 0.584. The molecule has 0 fully saturated rings. The molecule has 0 aliphatic carbocycles. The summed E-state index contributed by atoms with van der Waals surface area (Å²) in [5.74, 6) is 2.88. The number of hydrogen-bond donors (Lipinski definition) is 3. The Labute approximate surface area is 124 Å². The highest BCUT2D eigenvalue weighted by Gasteiger charge is 2.08. The second-order valence-corrected chi connectivity index (χ2v) is 4.61. The average molecular weight is 290 g/mol. The molecule has 114 valence electrons. The number of aliphatic imine (C=N–C) groups is 1. The van der Waals surface area contributed by atoms with Gasteiger partial charge in [0.05, 0.1) is 6.26 Å². The second kappa shape index (κ2) is 8.08. The maximum absolute atomic E-state index is 5.26. The van der Waals surface area contributed by atoms with Gasteiger partial charge in [-0.2, -0.15) is 5.10 Å². The fourth-order valence-electron chi connectivity index (χ4n) is 1.83. The molecule has 0 aliphatic heterocycles. The Balaban J connectivity index is 1.75. The van der Waals surface area contributed by atoms with Crippen LogP contribution in [0.3, 0.4) is 0 Å². The third-order valence-corrected chi connectivity index (χ3v) is 2.97. The predicted octanol–water partition coefficient (Wildman–Crippen LogP) is 1.57. The van der Waals surface area contributed by atoms with Crippen LogP contribution in [-0.2, 0) is 6.42 Å². The molecule has 2 aromatic heterocycles. The Morgan fingerprint density at radius 3 is 2.95 bits per heavy atom. The highest BCUT2D eigenvalue weighted by molar-refractivity contribution is 5.79. The average Bonchev–Trinajstić information content (AvgIpc) is 3.16. The maximum Gasteiger partial charge on any atom is 0.216 e. The summed E-state index contributed by atoms with van der Waals surface area (Å²) in [6, 6.07) is 3.66. The summed E-state index contributed by atoms with van der Waals surface area (Å²) in [6.07, 6.45) is 4.65. The molecule has 2 heterocycles. The van der Waals surface area contributed by atoms with Crippen LogP contribution in [0.15, 0.2) is 27.8 Å². The van der Waals surface area contributed by atoms with Gasteiger partial charge in [-0.05, 0) is 18.6 Å². The smallest absolute Gasteiger partial charge is 0.216 e. The third kappa shape index (κ3) is 4.62. The van der Waals surface area contributed by atoms with Crippen LogP contribution in [0, 0.1) is 0 Å². The lowest BCUT2D eigenvalue weighted by atomic mass is 10.3. The zero-order valence-electron chi connectivity index (χ0n) is 12.5. The largest absolute Gasteiger partial charge is 0.461 e. The number of rotatable bonds is 7. The number of guanidine groups is 1. The summed E-state index contributed by atoms with van der Waals surface area (Å²) in [6.45, 7) is 3.83. The summed E-state index contributed by atoms with van der Waals surface area (Å²) in [5, 5.41) is 13.6. The molecular formula is C14H22N6O. The Kier molecular flexibility index (Phi) is 5.81. The molecule has 3 N–H and O–H groups in total. The standard InChI is InChI=1S/C14H22N6O/c1-3-4-8-16-14(15-2)17-9-7-12-18-13(20-19-12)11-6-5-10-21-11/h5-6,10H,3-4,7-9H2,1-2H3,(H2,15,16,17)(H,18,19,20). The van der Waals surface area contributed by atoms with Gasteiger partial charge in [0.25, 0.3) is 0 Å². The first-order valence-electron chi connectivity index (χ1n) is 7.23. The molecule has 0 bridgehead atoms. The van der Waals surface area contributed by atoms with Gasteiger partial charge in [0, 0.05) is 26.6 Å². The Morgan fingerprint density at radius 2 is 2.24 bits per heavy atom. The monoisotopic (exact) mass is 290 g/mol. The van der Waals surface area contributed by atoms with Crippen molar-refractivity contribution in [3.63, 3.8) is 0 Å². The van der Waals surface area contributed by atoms with Crippen molar-refractivity contribution in [2.75, 3.05) is 20.1 Å². The summed E-state index contributed by atoms with van der Waals surface area (Å²) in [5.41, 5.74) is 0. The van der Waals surface area contributed by atoms with Crippen LogP contribution >= 0.6 is 0 Å².